The van der Waals surface area contributed by atoms with Gasteiger partial charge in [-0.25, -0.2) is 0 Å². The van der Waals surface area contributed by atoms with Gasteiger partial charge in [0.1, 0.15) is 11.5 Å². The highest BCUT2D eigenvalue weighted by Gasteiger charge is 2.50. The molecule has 0 bridgehead atoms. The molecule has 32 heavy (non-hydrogen) atoms. The van der Waals surface area contributed by atoms with E-state index in [0.717, 1.165) is 52.3 Å². The molecule has 4 nitrogen and oxygen atoms in total. The molecule has 2 aliphatic rings. The second-order valence-electron chi connectivity index (χ2n) is 9.03. The lowest BCUT2D eigenvalue weighted by Gasteiger charge is -2.18. The zero-order chi connectivity index (χ0) is 22.3. The predicted molar refractivity (Wildman–Crippen MR) is 125 cm³/mol. The van der Waals surface area contributed by atoms with Crippen LogP contribution in [-0.4, -0.2) is 19.7 Å². The summed E-state index contributed by atoms with van der Waals surface area (Å²) in [6, 6.07) is 20.4. The SMILES string of the molecule is COc1ccc(CC(=O)C2(c3ccc4c(c3)OCO4)CC2)cc1-c1ccccc1C(C)C. The Hall–Kier alpha value is -3.27. The van der Waals surface area contributed by atoms with E-state index in [1.165, 1.54) is 5.56 Å². The van der Waals surface area contributed by atoms with Crippen molar-refractivity contribution < 1.29 is 19.0 Å². The van der Waals surface area contributed by atoms with Crippen LogP contribution in [0.3, 0.4) is 0 Å². The molecule has 3 aromatic carbocycles. The quantitative estimate of drug-likeness (QED) is 0.459. The first-order chi connectivity index (χ1) is 15.5. The van der Waals surface area contributed by atoms with Gasteiger partial charge in [-0.2, -0.15) is 0 Å². The largest absolute Gasteiger partial charge is 0.496 e. The lowest BCUT2D eigenvalue weighted by Crippen LogP contribution is -2.22. The molecule has 1 heterocycles. The molecule has 1 fully saturated rings. The van der Waals surface area contributed by atoms with Crippen LogP contribution in [0.4, 0.5) is 0 Å². The lowest BCUT2D eigenvalue weighted by molar-refractivity contribution is -0.120. The number of ether oxygens (including phenoxy) is 3. The molecule has 0 N–H and O–H groups in total. The third-order valence-electron chi connectivity index (χ3n) is 6.71. The molecule has 4 heteroatoms. The molecule has 3 aromatic rings. The topological polar surface area (TPSA) is 44.8 Å². The van der Waals surface area contributed by atoms with Crippen molar-refractivity contribution in [3.8, 4) is 28.4 Å². The van der Waals surface area contributed by atoms with E-state index in [4.69, 9.17) is 14.2 Å². The van der Waals surface area contributed by atoms with Gasteiger partial charge in [-0.3, -0.25) is 4.79 Å². The van der Waals surface area contributed by atoms with E-state index in [1.54, 1.807) is 7.11 Å². The molecule has 0 unspecified atom stereocenters. The summed E-state index contributed by atoms with van der Waals surface area (Å²) in [5, 5.41) is 0. The highest BCUT2D eigenvalue weighted by molar-refractivity contribution is 5.95. The number of ketones is 1. The van der Waals surface area contributed by atoms with E-state index in [1.807, 2.05) is 30.3 Å². The Morgan fingerprint density at radius 1 is 0.969 bits per heavy atom. The Morgan fingerprint density at radius 2 is 1.75 bits per heavy atom. The van der Waals surface area contributed by atoms with Crippen molar-refractivity contribution in [1.29, 1.82) is 0 Å². The lowest BCUT2D eigenvalue weighted by atomic mass is 9.86. The molecule has 1 aliphatic carbocycles. The van der Waals surface area contributed by atoms with Gasteiger partial charge < -0.3 is 14.2 Å². The molecule has 0 radical (unpaired) electrons. The van der Waals surface area contributed by atoms with Gasteiger partial charge in [0, 0.05) is 12.0 Å². The first-order valence-electron chi connectivity index (χ1n) is 11.2. The van der Waals surface area contributed by atoms with E-state index >= 15 is 0 Å². The zero-order valence-electron chi connectivity index (χ0n) is 18.8. The summed E-state index contributed by atoms with van der Waals surface area (Å²) < 4.78 is 16.6. The Morgan fingerprint density at radius 3 is 2.50 bits per heavy atom. The van der Waals surface area contributed by atoms with E-state index in [0.29, 0.717) is 12.3 Å². The molecular weight excluding hydrogens is 400 g/mol. The van der Waals surface area contributed by atoms with Gasteiger partial charge in [-0.05, 0) is 65.3 Å². The van der Waals surface area contributed by atoms with Gasteiger partial charge in [-0.15, -0.1) is 0 Å². The number of hydrogen-bond acceptors (Lipinski definition) is 4. The van der Waals surface area contributed by atoms with Crippen LogP contribution < -0.4 is 14.2 Å². The van der Waals surface area contributed by atoms with Crippen molar-refractivity contribution in [2.75, 3.05) is 13.9 Å². The van der Waals surface area contributed by atoms with Crippen LogP contribution in [0.15, 0.2) is 60.7 Å². The molecule has 0 spiro atoms. The number of hydrogen-bond donors (Lipinski definition) is 0. The summed E-state index contributed by atoms with van der Waals surface area (Å²) in [7, 11) is 1.69. The smallest absolute Gasteiger partial charge is 0.231 e. The highest BCUT2D eigenvalue weighted by atomic mass is 16.7. The number of rotatable bonds is 7. The summed E-state index contributed by atoms with van der Waals surface area (Å²) in [5.74, 6) is 2.96. The molecule has 1 aliphatic heterocycles. The van der Waals surface area contributed by atoms with Crippen molar-refractivity contribution in [3.63, 3.8) is 0 Å². The molecule has 164 valence electrons. The second-order valence-corrected chi connectivity index (χ2v) is 9.03. The first-order valence-corrected chi connectivity index (χ1v) is 11.2. The fourth-order valence-corrected chi connectivity index (χ4v) is 4.72. The Bertz CT molecular complexity index is 1170. The van der Waals surface area contributed by atoms with E-state index in [9.17, 15) is 4.79 Å². The Kier molecular flexibility index (Phi) is 5.16. The predicted octanol–water partition coefficient (Wildman–Crippen LogP) is 6.06. The van der Waals surface area contributed by atoms with Crippen molar-refractivity contribution in [2.24, 2.45) is 0 Å². The zero-order valence-corrected chi connectivity index (χ0v) is 18.8. The molecule has 1 saturated carbocycles. The van der Waals surface area contributed by atoms with Crippen molar-refractivity contribution >= 4 is 5.78 Å². The second kappa shape index (κ2) is 8.01. The summed E-state index contributed by atoms with van der Waals surface area (Å²) in [6.07, 6.45) is 2.16. The molecule has 0 aromatic heterocycles. The molecule has 0 atom stereocenters. The van der Waals surface area contributed by atoms with E-state index < -0.39 is 5.41 Å². The number of Topliss-reactive ketones (excluding diaryl/α,β-unsaturated/α-hetero) is 1. The maximum Gasteiger partial charge on any atom is 0.231 e. The van der Waals surface area contributed by atoms with Crippen LogP contribution in [-0.2, 0) is 16.6 Å². The molecular formula is C28H28O4. The van der Waals surface area contributed by atoms with Crippen LogP contribution in [0.1, 0.15) is 49.3 Å². The van der Waals surface area contributed by atoms with Crippen molar-refractivity contribution in [2.45, 2.75) is 44.4 Å². The van der Waals surface area contributed by atoms with Crippen LogP contribution in [0.5, 0.6) is 17.2 Å². The van der Waals surface area contributed by atoms with Gasteiger partial charge >= 0.3 is 0 Å². The maximum absolute atomic E-state index is 13.5. The normalized spacial score (nSPS) is 15.6. The van der Waals surface area contributed by atoms with Gasteiger partial charge in [0.25, 0.3) is 0 Å². The summed E-state index contributed by atoms with van der Waals surface area (Å²) in [5.41, 5.74) is 5.10. The number of carbonyl (C=O) groups excluding carboxylic acids is 1. The highest BCUT2D eigenvalue weighted by Crippen LogP contribution is 2.51. The standard InChI is InChI=1S/C28H28O4/c1-18(2)21-6-4-5-7-22(21)23-14-19(8-10-24(23)30-3)15-27(29)28(12-13-28)20-9-11-25-26(16-20)32-17-31-25/h4-11,14,16,18H,12-13,15,17H2,1-3H3. The van der Waals surface area contributed by atoms with Crippen LogP contribution in [0.25, 0.3) is 11.1 Å². The van der Waals surface area contributed by atoms with E-state index in [-0.39, 0.29) is 12.6 Å². The summed E-state index contributed by atoms with van der Waals surface area (Å²) in [6.45, 7) is 4.63. The van der Waals surface area contributed by atoms with Gasteiger partial charge in [0.15, 0.2) is 11.5 Å². The van der Waals surface area contributed by atoms with Gasteiger partial charge in [0.05, 0.1) is 12.5 Å². The van der Waals surface area contributed by atoms with Gasteiger partial charge in [0.2, 0.25) is 6.79 Å². The fraction of sp³-hybridized carbons (Fsp3) is 0.321. The molecule has 5 rings (SSSR count). The van der Waals surface area contributed by atoms with Crippen LogP contribution in [0, 0.1) is 0 Å². The average molecular weight is 429 g/mol. The van der Waals surface area contributed by atoms with Crippen LogP contribution in [0.2, 0.25) is 0 Å². The number of methoxy groups -OCH3 is 1. The Labute approximate surface area is 189 Å². The van der Waals surface area contributed by atoms with Crippen molar-refractivity contribution in [1.82, 2.24) is 0 Å². The van der Waals surface area contributed by atoms with Crippen LogP contribution >= 0.6 is 0 Å². The minimum absolute atomic E-state index is 0.242. The summed E-state index contributed by atoms with van der Waals surface area (Å²) in [4.78, 5) is 13.5. The molecule has 0 saturated heterocycles. The fourth-order valence-electron chi connectivity index (χ4n) is 4.72. The average Bonchev–Trinajstić information content (AvgIpc) is 3.50. The third kappa shape index (κ3) is 3.54. The first kappa shape index (κ1) is 20.6. The number of fused-ring (bicyclic) bond motifs is 1. The molecule has 0 amide bonds. The van der Waals surface area contributed by atoms with Gasteiger partial charge in [-0.1, -0.05) is 50.2 Å². The summed E-state index contributed by atoms with van der Waals surface area (Å²) >= 11 is 0. The number of carbonyl (C=O) groups is 1. The maximum atomic E-state index is 13.5. The monoisotopic (exact) mass is 428 g/mol. The third-order valence-corrected chi connectivity index (χ3v) is 6.71. The van der Waals surface area contributed by atoms with E-state index in [2.05, 4.69) is 44.2 Å². The number of benzene rings is 3. The minimum Gasteiger partial charge on any atom is -0.496 e. The Balaban J connectivity index is 1.45. The minimum atomic E-state index is -0.406. The van der Waals surface area contributed by atoms with Crippen molar-refractivity contribution in [3.05, 3.63) is 77.4 Å².